The van der Waals surface area contributed by atoms with Gasteiger partial charge < -0.3 is 9.47 Å². The monoisotopic (exact) mass is 448 g/mol. The molecule has 0 spiro atoms. The van der Waals surface area contributed by atoms with Gasteiger partial charge in [0.25, 0.3) is 5.19 Å². The molecule has 0 atom stereocenters. The second-order valence-corrected chi connectivity index (χ2v) is 7.20. The molecule has 0 amide bonds. The largest absolute Gasteiger partial charge is 0.467 e. The van der Waals surface area contributed by atoms with Crippen LogP contribution in [0.5, 0.6) is 17.0 Å². The molecular formula is C20H15F3N4O3S. The molecule has 4 rings (SSSR count). The van der Waals surface area contributed by atoms with E-state index in [1.54, 1.807) is 35.7 Å². The standard InChI is InChI=1S/C20H15F3N4O3S/c1-26-19(28)27(17(25-26)29-2)15-8-3-4-9-16(15)30-18-24-14(11-31-18)12-6-5-7-13(10-12)20(21,22)23/h3-11H,1-2H3. The summed E-state index contributed by atoms with van der Waals surface area (Å²) < 4.78 is 52.4. The zero-order valence-corrected chi connectivity index (χ0v) is 17.1. The van der Waals surface area contributed by atoms with E-state index in [4.69, 9.17) is 9.47 Å². The number of halogens is 3. The van der Waals surface area contributed by atoms with Crippen LogP contribution in [0.2, 0.25) is 0 Å². The van der Waals surface area contributed by atoms with Crippen LogP contribution in [0.25, 0.3) is 16.9 Å². The number of alkyl halides is 3. The molecule has 0 radical (unpaired) electrons. The van der Waals surface area contributed by atoms with Crippen LogP contribution in [0, 0.1) is 0 Å². The molecule has 4 aromatic rings. The number of methoxy groups -OCH3 is 1. The molecule has 0 N–H and O–H groups in total. The highest BCUT2D eigenvalue weighted by Crippen LogP contribution is 2.35. The minimum absolute atomic E-state index is 0.0762. The van der Waals surface area contributed by atoms with Crippen molar-refractivity contribution in [3.05, 3.63) is 70.0 Å². The van der Waals surface area contributed by atoms with Crippen molar-refractivity contribution in [3.8, 4) is 33.9 Å². The Hall–Kier alpha value is -3.60. The third-order valence-corrected chi connectivity index (χ3v) is 5.07. The summed E-state index contributed by atoms with van der Waals surface area (Å²) in [5, 5.41) is 5.82. The molecule has 2 heterocycles. The Morgan fingerprint density at radius 3 is 2.61 bits per heavy atom. The predicted molar refractivity (Wildman–Crippen MR) is 108 cm³/mol. The first-order valence-electron chi connectivity index (χ1n) is 8.88. The number of ether oxygens (including phenoxy) is 2. The number of rotatable bonds is 5. The van der Waals surface area contributed by atoms with Gasteiger partial charge >= 0.3 is 17.9 Å². The summed E-state index contributed by atoms with van der Waals surface area (Å²) in [6.07, 6.45) is -4.44. The van der Waals surface area contributed by atoms with E-state index in [0.29, 0.717) is 22.7 Å². The van der Waals surface area contributed by atoms with Crippen molar-refractivity contribution in [2.75, 3.05) is 7.11 Å². The lowest BCUT2D eigenvalue weighted by Gasteiger charge is -2.10. The van der Waals surface area contributed by atoms with E-state index in [9.17, 15) is 18.0 Å². The van der Waals surface area contributed by atoms with Crippen molar-refractivity contribution in [2.45, 2.75) is 6.18 Å². The minimum atomic E-state index is -4.44. The number of nitrogens with zero attached hydrogens (tertiary/aromatic N) is 4. The Morgan fingerprint density at radius 1 is 1.10 bits per heavy atom. The number of hydrogen-bond donors (Lipinski definition) is 0. The van der Waals surface area contributed by atoms with Crippen LogP contribution in [0.4, 0.5) is 13.2 Å². The maximum absolute atomic E-state index is 13.0. The molecule has 31 heavy (non-hydrogen) atoms. The molecule has 2 aromatic carbocycles. The lowest BCUT2D eigenvalue weighted by molar-refractivity contribution is -0.137. The van der Waals surface area contributed by atoms with Crippen molar-refractivity contribution < 1.29 is 22.6 Å². The molecule has 0 unspecified atom stereocenters. The van der Waals surface area contributed by atoms with Crippen LogP contribution in [0.1, 0.15) is 5.56 Å². The van der Waals surface area contributed by atoms with E-state index in [2.05, 4.69) is 10.1 Å². The van der Waals surface area contributed by atoms with E-state index in [1.807, 2.05) is 0 Å². The summed E-state index contributed by atoms with van der Waals surface area (Å²) >= 11 is 1.12. The molecule has 160 valence electrons. The van der Waals surface area contributed by atoms with Crippen LogP contribution in [0.15, 0.2) is 58.7 Å². The second kappa shape index (κ2) is 7.91. The highest BCUT2D eigenvalue weighted by Gasteiger charge is 2.30. The average Bonchev–Trinajstić information content (AvgIpc) is 3.32. The van der Waals surface area contributed by atoms with Crippen LogP contribution in [-0.4, -0.2) is 26.4 Å². The molecular weight excluding hydrogens is 433 g/mol. The van der Waals surface area contributed by atoms with E-state index in [0.717, 1.165) is 28.2 Å². The van der Waals surface area contributed by atoms with Crippen LogP contribution in [-0.2, 0) is 13.2 Å². The molecule has 2 aromatic heterocycles. The molecule has 0 bridgehead atoms. The van der Waals surface area contributed by atoms with Gasteiger partial charge in [-0.15, -0.1) is 5.10 Å². The molecule has 0 aliphatic carbocycles. The van der Waals surface area contributed by atoms with Crippen molar-refractivity contribution in [1.29, 1.82) is 0 Å². The number of hydrogen-bond acceptors (Lipinski definition) is 6. The summed E-state index contributed by atoms with van der Waals surface area (Å²) in [7, 11) is 2.89. The SMILES string of the molecule is COc1nn(C)c(=O)n1-c1ccccc1Oc1nc(-c2cccc(C(F)(F)F)c2)cs1. The smallest absolute Gasteiger partial charge is 0.416 e. The van der Waals surface area contributed by atoms with Gasteiger partial charge in [-0.1, -0.05) is 35.6 Å². The summed E-state index contributed by atoms with van der Waals surface area (Å²) in [5.74, 6) is 0.306. The first-order chi connectivity index (χ1) is 14.8. The number of aromatic nitrogens is 4. The number of thiazole rings is 1. The van der Waals surface area contributed by atoms with Gasteiger partial charge in [0.1, 0.15) is 0 Å². The van der Waals surface area contributed by atoms with Crippen LogP contribution < -0.4 is 15.2 Å². The lowest BCUT2D eigenvalue weighted by Crippen LogP contribution is -2.22. The fourth-order valence-corrected chi connectivity index (χ4v) is 3.58. The van der Waals surface area contributed by atoms with Crippen molar-refractivity contribution in [3.63, 3.8) is 0 Å². The summed E-state index contributed by atoms with van der Waals surface area (Å²) in [6.45, 7) is 0. The molecule has 0 fully saturated rings. The molecule has 0 saturated carbocycles. The van der Waals surface area contributed by atoms with Crippen LogP contribution >= 0.6 is 11.3 Å². The lowest BCUT2D eigenvalue weighted by atomic mass is 10.1. The van der Waals surface area contributed by atoms with Crippen molar-refractivity contribution in [1.82, 2.24) is 19.3 Å². The first-order valence-corrected chi connectivity index (χ1v) is 9.76. The van der Waals surface area contributed by atoms with Gasteiger partial charge in [0.15, 0.2) is 5.75 Å². The van der Waals surface area contributed by atoms with Gasteiger partial charge in [-0.25, -0.2) is 19.0 Å². The van der Waals surface area contributed by atoms with E-state index < -0.39 is 17.4 Å². The zero-order valence-electron chi connectivity index (χ0n) is 16.3. The Labute approximate surface area is 177 Å². The van der Waals surface area contributed by atoms with Gasteiger partial charge in [0.2, 0.25) is 0 Å². The quantitative estimate of drug-likeness (QED) is 0.449. The highest BCUT2D eigenvalue weighted by atomic mass is 32.1. The van der Waals surface area contributed by atoms with Gasteiger partial charge in [-0.3, -0.25) is 0 Å². The topological polar surface area (TPSA) is 71.2 Å². The summed E-state index contributed by atoms with van der Waals surface area (Å²) in [4.78, 5) is 16.8. The van der Waals surface area contributed by atoms with Gasteiger partial charge in [0.05, 0.1) is 24.1 Å². The van der Waals surface area contributed by atoms with Gasteiger partial charge in [0, 0.05) is 18.0 Å². The van der Waals surface area contributed by atoms with E-state index >= 15 is 0 Å². The fraction of sp³-hybridized carbons (Fsp3) is 0.150. The highest BCUT2D eigenvalue weighted by molar-refractivity contribution is 7.11. The Bertz CT molecular complexity index is 1290. The number of aryl methyl sites for hydroxylation is 1. The zero-order chi connectivity index (χ0) is 22.2. The maximum Gasteiger partial charge on any atom is 0.416 e. The Balaban J connectivity index is 1.68. The normalized spacial score (nSPS) is 11.5. The third-order valence-electron chi connectivity index (χ3n) is 4.35. The summed E-state index contributed by atoms with van der Waals surface area (Å²) in [5.41, 5.74) is -0.141. The van der Waals surface area contributed by atoms with Crippen molar-refractivity contribution >= 4 is 11.3 Å². The van der Waals surface area contributed by atoms with E-state index in [-0.39, 0.29) is 11.2 Å². The molecule has 11 heteroatoms. The van der Waals surface area contributed by atoms with Crippen LogP contribution in [0.3, 0.4) is 0 Å². The van der Waals surface area contributed by atoms with Gasteiger partial charge in [-0.2, -0.15) is 13.2 Å². The fourth-order valence-electron chi connectivity index (χ4n) is 2.89. The van der Waals surface area contributed by atoms with Gasteiger partial charge in [-0.05, 0) is 24.3 Å². The first kappa shape index (κ1) is 20.7. The maximum atomic E-state index is 13.0. The predicted octanol–water partition coefficient (Wildman–Crippen LogP) is 4.51. The average molecular weight is 448 g/mol. The molecule has 0 aliphatic heterocycles. The minimum Gasteiger partial charge on any atom is -0.467 e. The second-order valence-electron chi connectivity index (χ2n) is 6.38. The molecule has 0 saturated heterocycles. The molecule has 0 aliphatic rings. The Kier molecular flexibility index (Phi) is 5.27. The summed E-state index contributed by atoms with van der Waals surface area (Å²) in [6, 6.07) is 11.7. The third kappa shape index (κ3) is 4.04. The number of benzene rings is 2. The van der Waals surface area contributed by atoms with E-state index in [1.165, 1.54) is 24.8 Å². The number of para-hydroxylation sites is 2. The van der Waals surface area contributed by atoms with Crippen molar-refractivity contribution in [2.24, 2.45) is 7.05 Å². The molecule has 7 nitrogen and oxygen atoms in total. The Morgan fingerprint density at radius 2 is 1.87 bits per heavy atom.